The predicted molar refractivity (Wildman–Crippen MR) is 76.1 cm³/mol. The molecule has 0 bridgehead atoms. The lowest BCUT2D eigenvalue weighted by Gasteiger charge is -2.36. The molecule has 2 saturated heterocycles. The molecule has 1 spiro atoms. The molecule has 4 nitrogen and oxygen atoms in total. The summed E-state index contributed by atoms with van der Waals surface area (Å²) in [5.41, 5.74) is 1.61. The Morgan fingerprint density at radius 2 is 1.95 bits per heavy atom. The average molecular weight is 269 g/mol. The minimum absolute atomic E-state index is 0.242. The number of nitrogens with zero attached hydrogens (tertiary/aromatic N) is 2. The summed E-state index contributed by atoms with van der Waals surface area (Å²) in [6.07, 6.45) is 1.81. The number of piperidine rings is 1. The number of likely N-dealkylation sites (N-methyl/N-ethyl adjacent to an activating group) is 1. The van der Waals surface area contributed by atoms with E-state index in [2.05, 4.69) is 11.4 Å². The largest absolute Gasteiger partial charge is 0.345 e. The lowest BCUT2D eigenvalue weighted by atomic mass is 9.68. The first-order valence-electron chi connectivity index (χ1n) is 7.14. The molecule has 1 aromatic carbocycles. The van der Waals surface area contributed by atoms with Crippen molar-refractivity contribution in [2.45, 2.75) is 18.8 Å². The van der Waals surface area contributed by atoms with E-state index in [1.165, 1.54) is 5.56 Å². The van der Waals surface area contributed by atoms with Crippen molar-refractivity contribution in [1.29, 1.82) is 5.26 Å². The van der Waals surface area contributed by atoms with Gasteiger partial charge in [0.1, 0.15) is 0 Å². The van der Waals surface area contributed by atoms with Crippen LogP contribution in [0.2, 0.25) is 0 Å². The first kappa shape index (κ1) is 13.1. The van der Waals surface area contributed by atoms with Crippen LogP contribution >= 0.6 is 0 Å². The van der Waals surface area contributed by atoms with E-state index in [9.17, 15) is 4.79 Å². The Morgan fingerprint density at radius 3 is 2.55 bits per heavy atom. The van der Waals surface area contributed by atoms with Crippen LogP contribution in [0.4, 0.5) is 0 Å². The van der Waals surface area contributed by atoms with Gasteiger partial charge in [0.05, 0.1) is 17.0 Å². The number of rotatable bonds is 1. The maximum atomic E-state index is 12.6. The summed E-state index contributed by atoms with van der Waals surface area (Å²) in [6, 6.07) is 9.88. The molecule has 1 amide bonds. The van der Waals surface area contributed by atoms with Crippen molar-refractivity contribution in [3.63, 3.8) is 0 Å². The summed E-state index contributed by atoms with van der Waals surface area (Å²) in [5.74, 6) is 0.531. The summed E-state index contributed by atoms with van der Waals surface area (Å²) < 4.78 is 0. The molecule has 2 aliphatic heterocycles. The van der Waals surface area contributed by atoms with Crippen LogP contribution in [-0.2, 0) is 4.79 Å². The molecule has 2 aliphatic rings. The lowest BCUT2D eigenvalue weighted by Crippen LogP contribution is -2.44. The van der Waals surface area contributed by atoms with E-state index >= 15 is 0 Å². The molecule has 0 aromatic heterocycles. The molecule has 104 valence electrons. The molecule has 1 atom stereocenters. The number of likely N-dealkylation sites (tertiary alicyclic amines) is 1. The van der Waals surface area contributed by atoms with Gasteiger partial charge in [-0.15, -0.1) is 0 Å². The molecule has 1 N–H and O–H groups in total. The fraction of sp³-hybridized carbons (Fsp3) is 0.500. The van der Waals surface area contributed by atoms with E-state index < -0.39 is 0 Å². The minimum atomic E-state index is -0.242. The maximum Gasteiger partial charge on any atom is 0.229 e. The highest BCUT2D eigenvalue weighted by Gasteiger charge is 2.53. The van der Waals surface area contributed by atoms with E-state index in [0.717, 1.165) is 32.5 Å². The molecule has 0 saturated carbocycles. The van der Waals surface area contributed by atoms with Crippen molar-refractivity contribution in [2.75, 3.05) is 26.7 Å². The van der Waals surface area contributed by atoms with Gasteiger partial charge in [0, 0.05) is 19.5 Å². The second-order valence-corrected chi connectivity index (χ2v) is 5.88. The first-order valence-corrected chi connectivity index (χ1v) is 7.14. The maximum absolute atomic E-state index is 12.6. The third kappa shape index (κ3) is 1.90. The van der Waals surface area contributed by atoms with E-state index in [-0.39, 0.29) is 17.2 Å². The smallest absolute Gasteiger partial charge is 0.229 e. The Kier molecular flexibility index (Phi) is 3.23. The van der Waals surface area contributed by atoms with Crippen molar-refractivity contribution in [2.24, 2.45) is 5.41 Å². The Hall–Kier alpha value is -1.86. The molecular formula is C16H19N3O. The second-order valence-electron chi connectivity index (χ2n) is 5.88. The van der Waals surface area contributed by atoms with Crippen molar-refractivity contribution in [3.05, 3.63) is 35.4 Å². The van der Waals surface area contributed by atoms with Gasteiger partial charge in [-0.25, -0.2) is 0 Å². The van der Waals surface area contributed by atoms with Crippen LogP contribution in [-0.4, -0.2) is 37.5 Å². The molecule has 0 radical (unpaired) electrons. The highest BCUT2D eigenvalue weighted by molar-refractivity contribution is 5.86. The summed E-state index contributed by atoms with van der Waals surface area (Å²) in [5, 5.41) is 12.2. The monoisotopic (exact) mass is 269 g/mol. The average Bonchev–Trinajstić information content (AvgIpc) is 2.74. The van der Waals surface area contributed by atoms with Crippen LogP contribution in [0.3, 0.4) is 0 Å². The topological polar surface area (TPSA) is 56.1 Å². The molecule has 0 aliphatic carbocycles. The Balaban J connectivity index is 1.97. The third-order valence-corrected chi connectivity index (χ3v) is 4.83. The number of hydrogen-bond donors (Lipinski definition) is 1. The zero-order chi connectivity index (χ0) is 14.2. The Morgan fingerprint density at radius 1 is 1.30 bits per heavy atom. The van der Waals surface area contributed by atoms with Crippen LogP contribution in [0.15, 0.2) is 24.3 Å². The second kappa shape index (κ2) is 4.92. The van der Waals surface area contributed by atoms with E-state index in [0.29, 0.717) is 5.56 Å². The number of hydrogen-bond acceptors (Lipinski definition) is 3. The molecule has 3 rings (SSSR count). The SMILES string of the molecule is CN1CC(c2ccc(C#N)cc2)C2(CCNCC2)C1=O. The van der Waals surface area contributed by atoms with Crippen molar-refractivity contribution < 1.29 is 4.79 Å². The van der Waals surface area contributed by atoms with E-state index in [4.69, 9.17) is 5.26 Å². The van der Waals surface area contributed by atoms with Crippen molar-refractivity contribution in [1.82, 2.24) is 10.2 Å². The first-order chi connectivity index (χ1) is 9.67. The van der Waals surface area contributed by atoms with Gasteiger partial charge in [0.15, 0.2) is 0 Å². The molecule has 1 unspecified atom stereocenters. The van der Waals surface area contributed by atoms with Crippen molar-refractivity contribution in [3.8, 4) is 6.07 Å². The highest BCUT2D eigenvalue weighted by atomic mass is 16.2. The van der Waals surface area contributed by atoms with Gasteiger partial charge < -0.3 is 10.2 Å². The van der Waals surface area contributed by atoms with Gasteiger partial charge in [-0.1, -0.05) is 12.1 Å². The number of nitriles is 1. The predicted octanol–water partition coefficient (Wildman–Crippen LogP) is 1.48. The lowest BCUT2D eigenvalue weighted by molar-refractivity contribution is -0.136. The number of amides is 1. The summed E-state index contributed by atoms with van der Waals surface area (Å²) in [6.45, 7) is 2.60. The zero-order valence-electron chi connectivity index (χ0n) is 11.7. The van der Waals surface area contributed by atoms with Gasteiger partial charge in [-0.2, -0.15) is 5.26 Å². The third-order valence-electron chi connectivity index (χ3n) is 4.83. The van der Waals surface area contributed by atoms with Crippen LogP contribution in [0, 0.1) is 16.7 Å². The number of carbonyl (C=O) groups is 1. The van der Waals surface area contributed by atoms with Gasteiger partial charge in [0.2, 0.25) is 5.91 Å². The molecular weight excluding hydrogens is 250 g/mol. The van der Waals surface area contributed by atoms with E-state index in [1.54, 1.807) is 0 Å². The van der Waals surface area contributed by atoms with Gasteiger partial charge in [-0.3, -0.25) is 4.79 Å². The highest BCUT2D eigenvalue weighted by Crippen LogP contribution is 2.49. The van der Waals surface area contributed by atoms with Crippen LogP contribution < -0.4 is 5.32 Å². The fourth-order valence-corrected chi connectivity index (χ4v) is 3.71. The summed E-state index contributed by atoms with van der Waals surface area (Å²) in [4.78, 5) is 14.5. The van der Waals surface area contributed by atoms with Crippen LogP contribution in [0.5, 0.6) is 0 Å². The Labute approximate surface area is 119 Å². The standard InChI is InChI=1S/C16H19N3O/c1-19-11-14(13-4-2-12(10-17)3-5-13)16(15(19)20)6-8-18-9-7-16/h2-5,14,18H,6-9,11H2,1H3. The molecule has 2 fully saturated rings. The molecule has 20 heavy (non-hydrogen) atoms. The minimum Gasteiger partial charge on any atom is -0.345 e. The van der Waals surface area contributed by atoms with Crippen LogP contribution in [0.25, 0.3) is 0 Å². The van der Waals surface area contributed by atoms with Gasteiger partial charge in [0.25, 0.3) is 0 Å². The van der Waals surface area contributed by atoms with Crippen molar-refractivity contribution >= 4 is 5.91 Å². The van der Waals surface area contributed by atoms with E-state index in [1.807, 2.05) is 36.2 Å². The number of benzene rings is 1. The molecule has 1 aromatic rings. The number of nitrogens with one attached hydrogen (secondary N) is 1. The van der Waals surface area contributed by atoms with Gasteiger partial charge in [-0.05, 0) is 43.6 Å². The quantitative estimate of drug-likeness (QED) is 0.840. The zero-order valence-corrected chi connectivity index (χ0v) is 11.7. The van der Waals surface area contributed by atoms with Gasteiger partial charge >= 0.3 is 0 Å². The Bertz CT molecular complexity index is 552. The molecule has 4 heteroatoms. The molecule has 2 heterocycles. The summed E-state index contributed by atoms with van der Waals surface area (Å²) >= 11 is 0. The van der Waals surface area contributed by atoms with Crippen LogP contribution in [0.1, 0.15) is 29.9 Å². The number of carbonyl (C=O) groups excluding carboxylic acids is 1. The summed E-state index contributed by atoms with van der Waals surface area (Å²) in [7, 11) is 1.90. The normalized spacial score (nSPS) is 24.9. The fourth-order valence-electron chi connectivity index (χ4n) is 3.71.